The highest BCUT2D eigenvalue weighted by atomic mass is 32.2. The normalized spacial score (nSPS) is 15.9. The summed E-state index contributed by atoms with van der Waals surface area (Å²) in [5.41, 5.74) is 2.08. The first-order valence-corrected chi connectivity index (χ1v) is 8.50. The van der Waals surface area contributed by atoms with Gasteiger partial charge < -0.3 is 10.2 Å². The number of carbonyl (C=O) groups is 2. The number of benzene rings is 2. The fraction of sp³-hybridized carbons (Fsp3) is 0.0556. The maximum atomic E-state index is 12.8. The molecule has 7 heteroatoms. The second-order valence-corrected chi connectivity index (χ2v) is 7.09. The zero-order valence-corrected chi connectivity index (χ0v) is 14.7. The average molecular weight is 371 g/mol. The predicted octanol–water partition coefficient (Wildman–Crippen LogP) is 3.80. The maximum absolute atomic E-state index is 12.8. The summed E-state index contributed by atoms with van der Waals surface area (Å²) in [6.07, 6.45) is 1.69. The number of hydrogen-bond donors (Lipinski definition) is 2. The van der Waals surface area contributed by atoms with Crippen LogP contribution >= 0.6 is 24.0 Å². The first kappa shape index (κ1) is 17.2. The molecule has 1 aliphatic heterocycles. The van der Waals surface area contributed by atoms with Gasteiger partial charge in [0.25, 0.3) is 5.91 Å². The standard InChI is InChI=1S/C18H13NO4S2/c1-10-2-5-12(17(22)23)9-14(10)19-16(21)15(25-18(19)24)8-11-3-6-13(20)7-4-11/h2-9,20H,1H3,(H,22,23)/b15-8-. The predicted molar refractivity (Wildman–Crippen MR) is 102 cm³/mol. The number of carbonyl (C=O) groups excluding carboxylic acids is 1. The van der Waals surface area contributed by atoms with Gasteiger partial charge in [-0.3, -0.25) is 9.69 Å². The van der Waals surface area contributed by atoms with Crippen molar-refractivity contribution in [3.63, 3.8) is 0 Å². The van der Waals surface area contributed by atoms with Crippen LogP contribution in [-0.4, -0.2) is 26.4 Å². The van der Waals surface area contributed by atoms with Crippen LogP contribution in [0.3, 0.4) is 0 Å². The quantitative estimate of drug-likeness (QED) is 0.631. The van der Waals surface area contributed by atoms with Crippen molar-refractivity contribution in [1.29, 1.82) is 0 Å². The lowest BCUT2D eigenvalue weighted by Gasteiger charge is -2.17. The molecule has 0 spiro atoms. The van der Waals surface area contributed by atoms with Crippen molar-refractivity contribution in [3.05, 3.63) is 64.1 Å². The van der Waals surface area contributed by atoms with Crippen molar-refractivity contribution in [1.82, 2.24) is 0 Å². The Balaban J connectivity index is 1.98. The maximum Gasteiger partial charge on any atom is 0.335 e. The van der Waals surface area contributed by atoms with Gasteiger partial charge in [-0.25, -0.2) is 4.79 Å². The Morgan fingerprint density at radius 3 is 2.52 bits per heavy atom. The second kappa shape index (κ2) is 6.70. The summed E-state index contributed by atoms with van der Waals surface area (Å²) in [6, 6.07) is 11.1. The molecule has 2 aromatic rings. The lowest BCUT2D eigenvalue weighted by atomic mass is 10.1. The molecule has 2 aromatic carbocycles. The number of aromatic carboxylic acids is 1. The van der Waals surface area contributed by atoms with Gasteiger partial charge in [0, 0.05) is 0 Å². The minimum absolute atomic E-state index is 0.0946. The van der Waals surface area contributed by atoms with E-state index < -0.39 is 5.97 Å². The van der Waals surface area contributed by atoms with Gasteiger partial charge in [-0.15, -0.1) is 0 Å². The van der Waals surface area contributed by atoms with E-state index in [0.717, 1.165) is 22.9 Å². The van der Waals surface area contributed by atoms with Gasteiger partial charge in [-0.2, -0.15) is 0 Å². The largest absolute Gasteiger partial charge is 0.508 e. The van der Waals surface area contributed by atoms with Crippen LogP contribution in [0, 0.1) is 6.92 Å². The molecule has 5 nitrogen and oxygen atoms in total. The van der Waals surface area contributed by atoms with Crippen molar-refractivity contribution >= 4 is 51.9 Å². The number of phenols is 1. The van der Waals surface area contributed by atoms with Gasteiger partial charge >= 0.3 is 5.97 Å². The minimum Gasteiger partial charge on any atom is -0.508 e. The number of carboxylic acid groups (broad SMARTS) is 1. The number of hydrogen-bond acceptors (Lipinski definition) is 5. The van der Waals surface area contributed by atoms with Crippen molar-refractivity contribution in [3.8, 4) is 5.75 Å². The van der Waals surface area contributed by atoms with Crippen molar-refractivity contribution in [2.45, 2.75) is 6.92 Å². The van der Waals surface area contributed by atoms with Crippen LogP contribution in [0.4, 0.5) is 5.69 Å². The minimum atomic E-state index is -1.06. The van der Waals surface area contributed by atoms with E-state index in [2.05, 4.69) is 0 Å². The number of nitrogens with zero attached hydrogens (tertiary/aromatic N) is 1. The molecular weight excluding hydrogens is 358 g/mol. The third-order valence-electron chi connectivity index (χ3n) is 3.68. The molecule has 25 heavy (non-hydrogen) atoms. The number of thioether (sulfide) groups is 1. The molecular formula is C18H13NO4S2. The Kier molecular flexibility index (Phi) is 4.61. The van der Waals surface area contributed by atoms with E-state index >= 15 is 0 Å². The highest BCUT2D eigenvalue weighted by molar-refractivity contribution is 8.27. The number of rotatable bonds is 3. The lowest BCUT2D eigenvalue weighted by molar-refractivity contribution is -0.113. The number of aryl methyl sites for hydroxylation is 1. The van der Waals surface area contributed by atoms with Crippen molar-refractivity contribution in [2.75, 3.05) is 4.90 Å². The molecule has 1 amide bonds. The van der Waals surface area contributed by atoms with Crippen LogP contribution in [0.5, 0.6) is 5.75 Å². The van der Waals surface area contributed by atoms with E-state index in [-0.39, 0.29) is 17.2 Å². The van der Waals surface area contributed by atoms with Gasteiger partial charge in [0.05, 0.1) is 16.2 Å². The Hall–Kier alpha value is -2.64. The van der Waals surface area contributed by atoms with E-state index in [1.54, 1.807) is 31.2 Å². The topological polar surface area (TPSA) is 77.8 Å². The molecule has 2 N–H and O–H groups in total. The number of aromatic hydroxyl groups is 1. The number of amides is 1. The number of thiocarbonyl (C=S) groups is 1. The summed E-state index contributed by atoms with van der Waals surface area (Å²) in [7, 11) is 0. The molecule has 1 saturated heterocycles. The van der Waals surface area contributed by atoms with Crippen molar-refractivity contribution < 1.29 is 19.8 Å². The highest BCUT2D eigenvalue weighted by Crippen LogP contribution is 2.37. The number of carboxylic acids is 1. The summed E-state index contributed by atoms with van der Waals surface area (Å²) in [5, 5.41) is 18.5. The van der Waals surface area contributed by atoms with E-state index in [0.29, 0.717) is 14.9 Å². The molecule has 0 aromatic heterocycles. The monoisotopic (exact) mass is 371 g/mol. The van der Waals surface area contributed by atoms with Crippen LogP contribution in [0.25, 0.3) is 6.08 Å². The second-order valence-electron chi connectivity index (χ2n) is 5.42. The summed E-state index contributed by atoms with van der Waals surface area (Å²) in [5.74, 6) is -1.22. The molecule has 1 aliphatic rings. The van der Waals surface area contributed by atoms with Crippen LogP contribution in [-0.2, 0) is 4.79 Å². The fourth-order valence-corrected chi connectivity index (χ4v) is 3.67. The Morgan fingerprint density at radius 1 is 1.20 bits per heavy atom. The zero-order valence-electron chi connectivity index (χ0n) is 13.1. The molecule has 1 heterocycles. The third-order valence-corrected chi connectivity index (χ3v) is 4.98. The van der Waals surface area contributed by atoms with Crippen LogP contribution in [0.1, 0.15) is 21.5 Å². The lowest BCUT2D eigenvalue weighted by Crippen LogP contribution is -2.28. The first-order chi connectivity index (χ1) is 11.9. The zero-order chi connectivity index (χ0) is 18.1. The molecule has 3 rings (SSSR count). The third kappa shape index (κ3) is 3.42. The summed E-state index contributed by atoms with van der Waals surface area (Å²) in [4.78, 5) is 25.8. The summed E-state index contributed by atoms with van der Waals surface area (Å²) < 4.78 is 0.348. The Labute approximate surface area is 153 Å². The van der Waals surface area contributed by atoms with Crippen molar-refractivity contribution in [2.24, 2.45) is 0 Å². The summed E-state index contributed by atoms with van der Waals surface area (Å²) >= 11 is 6.48. The van der Waals surface area contributed by atoms with E-state index in [4.69, 9.17) is 12.2 Å². The first-order valence-electron chi connectivity index (χ1n) is 7.28. The molecule has 0 bridgehead atoms. The Morgan fingerprint density at radius 2 is 1.88 bits per heavy atom. The van der Waals surface area contributed by atoms with Gasteiger partial charge in [0.15, 0.2) is 4.32 Å². The van der Waals surface area contributed by atoms with E-state index in [9.17, 15) is 19.8 Å². The number of phenolic OH excluding ortho intramolecular Hbond substituents is 1. The molecule has 1 fully saturated rings. The highest BCUT2D eigenvalue weighted by Gasteiger charge is 2.34. The Bertz CT molecular complexity index is 919. The average Bonchev–Trinajstić information content (AvgIpc) is 2.84. The van der Waals surface area contributed by atoms with Gasteiger partial charge in [0.1, 0.15) is 5.75 Å². The van der Waals surface area contributed by atoms with E-state index in [1.165, 1.54) is 29.2 Å². The molecule has 0 radical (unpaired) electrons. The van der Waals surface area contributed by atoms with Gasteiger partial charge in [0.2, 0.25) is 0 Å². The van der Waals surface area contributed by atoms with Crippen LogP contribution < -0.4 is 4.90 Å². The molecule has 0 unspecified atom stereocenters. The van der Waals surface area contributed by atoms with Crippen LogP contribution in [0.2, 0.25) is 0 Å². The fourth-order valence-electron chi connectivity index (χ4n) is 2.38. The van der Waals surface area contributed by atoms with E-state index in [1.807, 2.05) is 0 Å². The molecule has 0 atom stereocenters. The van der Waals surface area contributed by atoms with Crippen LogP contribution in [0.15, 0.2) is 47.4 Å². The molecule has 126 valence electrons. The number of anilines is 1. The summed E-state index contributed by atoms with van der Waals surface area (Å²) in [6.45, 7) is 1.79. The molecule has 0 aliphatic carbocycles. The van der Waals surface area contributed by atoms with Gasteiger partial charge in [-0.1, -0.05) is 42.2 Å². The van der Waals surface area contributed by atoms with Gasteiger partial charge in [-0.05, 0) is 48.4 Å². The SMILES string of the molecule is Cc1ccc(C(=O)O)cc1N1C(=O)/C(=C/c2ccc(O)cc2)SC1=S. The smallest absolute Gasteiger partial charge is 0.335 e. The molecule has 0 saturated carbocycles.